The molecule has 0 aromatic carbocycles. The van der Waals surface area contributed by atoms with Gasteiger partial charge in [0.25, 0.3) is 11.8 Å². The normalized spacial score (nSPS) is 22.1. The van der Waals surface area contributed by atoms with E-state index in [-0.39, 0.29) is 103 Å². The van der Waals surface area contributed by atoms with Crippen molar-refractivity contribution in [3.63, 3.8) is 0 Å². The number of nitrogens with zero attached hydrogens (tertiary/aromatic N) is 4. The molecule has 6 heterocycles. The van der Waals surface area contributed by atoms with E-state index < -0.39 is 31.8 Å². The number of alkyl halides is 3. The lowest BCUT2D eigenvalue weighted by molar-refractivity contribution is -0.184. The van der Waals surface area contributed by atoms with Crippen molar-refractivity contribution in [1.29, 1.82) is 0 Å². The molecule has 0 unspecified atom stereocenters. The minimum atomic E-state index is -4.09. The molecule has 4 aliphatic rings. The number of pyridine rings is 2. The molecule has 21 heteroatoms. The highest BCUT2D eigenvalue weighted by Gasteiger charge is 2.43. The molecular weight excluding hydrogens is 1070 g/mol. The molecule has 2 fully saturated rings. The van der Waals surface area contributed by atoms with Gasteiger partial charge in [-0.1, -0.05) is 68.7 Å². The number of fused-ring (bicyclic) bond motifs is 2. The van der Waals surface area contributed by atoms with E-state index in [1.54, 1.807) is 43.4 Å². The van der Waals surface area contributed by atoms with E-state index in [0.717, 1.165) is 46.8 Å². The fourth-order valence-corrected chi connectivity index (χ4v) is 15.2. The van der Waals surface area contributed by atoms with Crippen LogP contribution >= 0.6 is 47.5 Å². The summed E-state index contributed by atoms with van der Waals surface area (Å²) in [5.41, 5.74) is 3.62. The van der Waals surface area contributed by atoms with Crippen LogP contribution in [-0.2, 0) is 45.9 Å². The van der Waals surface area contributed by atoms with Gasteiger partial charge in [-0.15, -0.1) is 47.5 Å². The van der Waals surface area contributed by atoms with Gasteiger partial charge in [-0.3, -0.25) is 29.4 Å². The first-order chi connectivity index (χ1) is 33.6. The lowest BCUT2D eigenvalue weighted by Gasteiger charge is -2.35. The number of sulfone groups is 2. The molecule has 0 saturated heterocycles. The van der Waals surface area contributed by atoms with Crippen LogP contribution in [0.5, 0.6) is 0 Å². The second-order valence-corrected chi connectivity index (χ2v) is 27.5. The molecule has 2 aliphatic heterocycles. The highest BCUT2D eigenvalue weighted by molar-refractivity contribution is 7.91. The summed E-state index contributed by atoms with van der Waals surface area (Å²) >= 11 is 3.10. The molecule has 2 N–H and O–H groups in total. The molecule has 2 atom stereocenters. The van der Waals surface area contributed by atoms with E-state index in [4.69, 9.17) is 0 Å². The van der Waals surface area contributed by atoms with Gasteiger partial charge >= 0.3 is 6.18 Å². The standard InChI is InChI=1S/C26H34F3N3O3S2.C26H37N3O3S2.CH4.2ClH/c1-4-37(34,35)21-10-9-20(30-13-21)12-31-25(33)22-11-18-15-32(23(16(2)3)24(18)36-22)14-17-5-7-19(8-6-17)26(27,28)29;1-5-34(31,32)22-11-10-21(27-14-22)13-28-26(30)23-12-20-16-29(24(17(2)3)25(20)33-23)15-19-8-6-18(4)7-9-19;;;/h9-11,13,16-17,19,23H,4-8,12,14-15H2,1-3H3,(H,31,33);10-12,14,17-19,24H,5-9,13,15-16H2,1-4H3,(H,28,30);1H4;2*1H/t17?,19?,23-;18?,19?,24-;;;/m01.../s1. The Morgan fingerprint density at radius 2 is 1.04 bits per heavy atom. The van der Waals surface area contributed by atoms with Gasteiger partial charge in [-0.25, -0.2) is 16.8 Å². The van der Waals surface area contributed by atoms with Crippen LogP contribution < -0.4 is 10.6 Å². The Balaban J connectivity index is 0.000000309. The first-order valence-electron chi connectivity index (χ1n) is 25.3. The molecule has 2 aliphatic carbocycles. The molecule has 2 saturated carbocycles. The molecule has 74 heavy (non-hydrogen) atoms. The van der Waals surface area contributed by atoms with Crippen molar-refractivity contribution in [2.45, 2.75) is 161 Å². The Morgan fingerprint density at radius 1 is 0.662 bits per heavy atom. The van der Waals surface area contributed by atoms with Crippen molar-refractivity contribution < 1.29 is 39.6 Å². The summed E-state index contributed by atoms with van der Waals surface area (Å²) in [5.74, 6) is 1.32. The van der Waals surface area contributed by atoms with Crippen LogP contribution in [0.25, 0.3) is 0 Å². The van der Waals surface area contributed by atoms with Crippen molar-refractivity contribution in [2.75, 3.05) is 24.6 Å². The topological polar surface area (TPSA) is 159 Å². The van der Waals surface area contributed by atoms with E-state index in [2.05, 4.69) is 71.1 Å². The molecule has 414 valence electrons. The van der Waals surface area contributed by atoms with Crippen LogP contribution in [0, 0.1) is 35.5 Å². The monoisotopic (exact) mass is 1150 g/mol. The SMILES string of the molecule is C.CCS(=O)(=O)c1ccc(CNC(=O)c2cc3c(s2)[C@@H](C(C)C)N(CC2CCC(C)CC2)C3)nc1.CCS(=O)(=O)c1ccc(CNC(=O)c2cc3c(s2)[C@H](C(C)C)N(CC2CCC(C(F)(F)F)CC2)C3)nc1.Cl.Cl. The van der Waals surface area contributed by atoms with Gasteiger partial charge in [-0.05, 0) is 116 Å². The van der Waals surface area contributed by atoms with Crippen LogP contribution in [0.4, 0.5) is 13.2 Å². The third kappa shape index (κ3) is 15.5. The quantitative estimate of drug-likeness (QED) is 0.111. The van der Waals surface area contributed by atoms with Crippen molar-refractivity contribution >= 4 is 79.0 Å². The van der Waals surface area contributed by atoms with E-state index >= 15 is 0 Å². The number of aromatic nitrogens is 2. The lowest BCUT2D eigenvalue weighted by atomic mass is 9.81. The average molecular weight is 1150 g/mol. The number of carbonyl (C=O) groups excluding carboxylic acids is 2. The highest BCUT2D eigenvalue weighted by Crippen LogP contribution is 2.47. The Kier molecular flexibility index (Phi) is 23.1. The Morgan fingerprint density at radius 3 is 1.36 bits per heavy atom. The summed E-state index contributed by atoms with van der Waals surface area (Å²) in [4.78, 5) is 43.4. The highest BCUT2D eigenvalue weighted by atomic mass is 35.5. The molecule has 0 spiro atoms. The molecular formula is C53H77Cl2F3N6O6S4. The zero-order chi connectivity index (χ0) is 51.4. The number of carbonyl (C=O) groups is 2. The third-order valence-corrected chi connectivity index (χ3v) is 20.8. The van der Waals surface area contributed by atoms with Gasteiger partial charge in [0, 0.05) is 60.4 Å². The molecule has 12 nitrogen and oxygen atoms in total. The van der Waals surface area contributed by atoms with Crippen LogP contribution in [0.2, 0.25) is 0 Å². The number of rotatable bonds is 16. The van der Waals surface area contributed by atoms with Crippen LogP contribution in [0.15, 0.2) is 58.6 Å². The zero-order valence-electron chi connectivity index (χ0n) is 42.9. The summed E-state index contributed by atoms with van der Waals surface area (Å²) < 4.78 is 86.9. The predicted molar refractivity (Wildman–Crippen MR) is 295 cm³/mol. The van der Waals surface area contributed by atoms with Crippen LogP contribution in [0.3, 0.4) is 0 Å². The maximum absolute atomic E-state index is 13.0. The lowest BCUT2D eigenvalue weighted by Crippen LogP contribution is -2.35. The minimum Gasteiger partial charge on any atom is -0.346 e. The van der Waals surface area contributed by atoms with Gasteiger partial charge < -0.3 is 10.6 Å². The molecule has 4 aromatic heterocycles. The number of hydrogen-bond donors (Lipinski definition) is 2. The molecule has 8 rings (SSSR count). The minimum absolute atomic E-state index is 0. The van der Waals surface area contributed by atoms with Crippen molar-refractivity contribution in [2.24, 2.45) is 35.5 Å². The zero-order valence-corrected chi connectivity index (χ0v) is 47.8. The molecule has 0 radical (unpaired) electrons. The maximum atomic E-state index is 13.0. The Bertz CT molecular complexity index is 2690. The Labute approximate surface area is 458 Å². The van der Waals surface area contributed by atoms with E-state index in [1.807, 2.05) is 6.07 Å². The van der Waals surface area contributed by atoms with E-state index in [1.165, 1.54) is 65.9 Å². The van der Waals surface area contributed by atoms with Gasteiger partial charge in [0.1, 0.15) is 0 Å². The van der Waals surface area contributed by atoms with Gasteiger partial charge in [0.2, 0.25) is 0 Å². The van der Waals surface area contributed by atoms with E-state index in [0.29, 0.717) is 53.5 Å². The van der Waals surface area contributed by atoms with Crippen molar-refractivity contribution in [3.8, 4) is 0 Å². The summed E-state index contributed by atoms with van der Waals surface area (Å²) in [6.45, 7) is 18.4. The first kappa shape index (κ1) is 63.4. The summed E-state index contributed by atoms with van der Waals surface area (Å²) in [6.07, 6.45) is 5.61. The van der Waals surface area contributed by atoms with Gasteiger partial charge in [0.05, 0.1) is 61.4 Å². The summed E-state index contributed by atoms with van der Waals surface area (Å²) in [6, 6.07) is 10.9. The Hall–Kier alpha value is -3.17. The second-order valence-electron chi connectivity index (χ2n) is 20.8. The number of amides is 2. The summed E-state index contributed by atoms with van der Waals surface area (Å²) in [5, 5.41) is 5.81. The second kappa shape index (κ2) is 26.9. The van der Waals surface area contributed by atoms with Crippen LogP contribution in [0.1, 0.15) is 171 Å². The molecule has 4 aromatic rings. The first-order valence-corrected chi connectivity index (χ1v) is 30.2. The largest absolute Gasteiger partial charge is 0.391 e. The van der Waals surface area contributed by atoms with Gasteiger partial charge in [-0.2, -0.15) is 13.2 Å². The fourth-order valence-electron chi connectivity index (χ4n) is 10.7. The number of nitrogens with one attached hydrogen (secondary N) is 2. The van der Waals surface area contributed by atoms with Crippen molar-refractivity contribution in [3.05, 3.63) is 90.8 Å². The number of hydrogen-bond acceptors (Lipinski definition) is 12. The predicted octanol–water partition coefficient (Wildman–Crippen LogP) is 12.4. The summed E-state index contributed by atoms with van der Waals surface area (Å²) in [7, 11) is -6.59. The molecule has 2 amide bonds. The molecule has 0 bridgehead atoms. The third-order valence-electron chi connectivity index (χ3n) is 14.8. The fraction of sp³-hybridized carbons (Fsp3) is 0.623. The maximum Gasteiger partial charge on any atom is 0.391 e. The average Bonchev–Trinajstić information content (AvgIpc) is 4.11. The van der Waals surface area contributed by atoms with Crippen LogP contribution in [-0.4, -0.2) is 79.2 Å². The van der Waals surface area contributed by atoms with E-state index in [9.17, 15) is 39.6 Å². The van der Waals surface area contributed by atoms with Gasteiger partial charge in [0.15, 0.2) is 19.7 Å². The number of thiophene rings is 2. The van der Waals surface area contributed by atoms with Crippen molar-refractivity contribution in [1.82, 2.24) is 30.4 Å². The smallest absolute Gasteiger partial charge is 0.346 e. The number of halogens is 5.